The zero-order chi connectivity index (χ0) is 19.0. The van der Waals surface area contributed by atoms with Crippen molar-refractivity contribution in [1.82, 2.24) is 15.4 Å². The Labute approximate surface area is 148 Å². The highest BCUT2D eigenvalue weighted by Crippen LogP contribution is 2.41. The van der Waals surface area contributed by atoms with E-state index in [0.717, 1.165) is 16.7 Å². The van der Waals surface area contributed by atoms with Gasteiger partial charge in [0.05, 0.1) is 6.61 Å². The van der Waals surface area contributed by atoms with Crippen LogP contribution in [0, 0.1) is 0 Å². The van der Waals surface area contributed by atoms with E-state index in [9.17, 15) is 9.90 Å². The number of nitrogens with zero attached hydrogens (tertiary/aromatic N) is 2. The van der Waals surface area contributed by atoms with Gasteiger partial charge in [-0.2, -0.15) is 10.3 Å². The molecule has 25 heavy (non-hydrogen) atoms. The quantitative estimate of drug-likeness (QED) is 0.822. The first-order valence-electron chi connectivity index (χ1n) is 8.43. The summed E-state index contributed by atoms with van der Waals surface area (Å²) in [5.74, 6) is -0.237. The number of hydrogen-bond acceptors (Lipinski definition) is 5. The zero-order valence-corrected chi connectivity index (χ0v) is 16.0. The first kappa shape index (κ1) is 19.0. The zero-order valence-electron chi connectivity index (χ0n) is 16.0. The minimum atomic E-state index is -0.519. The highest BCUT2D eigenvalue weighted by Gasteiger charge is 2.29. The van der Waals surface area contributed by atoms with Crippen molar-refractivity contribution in [2.24, 2.45) is 0 Å². The van der Waals surface area contributed by atoms with Crippen molar-refractivity contribution in [3.8, 4) is 17.0 Å². The maximum absolute atomic E-state index is 12.1. The minimum Gasteiger partial charge on any atom is -0.507 e. The fourth-order valence-corrected chi connectivity index (χ4v) is 2.69. The lowest BCUT2D eigenvalue weighted by Gasteiger charge is -2.28. The Hall–Kier alpha value is -2.37. The molecular formula is C19H27N3O3. The lowest BCUT2D eigenvalue weighted by atomic mass is 9.78. The van der Waals surface area contributed by atoms with Gasteiger partial charge in [-0.3, -0.25) is 0 Å². The number of rotatable bonds is 3. The predicted octanol–water partition coefficient (Wildman–Crippen LogP) is 3.95. The Kier molecular flexibility index (Phi) is 4.93. The number of ether oxygens (including phenoxy) is 1. The molecule has 2 N–H and O–H groups in total. The topological polar surface area (TPSA) is 88.1 Å². The average molecular weight is 345 g/mol. The molecule has 1 aromatic heterocycles. The average Bonchev–Trinajstić information content (AvgIpc) is 2.94. The second-order valence-electron chi connectivity index (χ2n) is 8.16. The van der Waals surface area contributed by atoms with Gasteiger partial charge in [-0.15, -0.1) is 5.10 Å². The molecule has 0 bridgehead atoms. The van der Waals surface area contributed by atoms with Crippen molar-refractivity contribution in [2.45, 2.75) is 59.3 Å². The Morgan fingerprint density at radius 2 is 1.60 bits per heavy atom. The van der Waals surface area contributed by atoms with Crippen molar-refractivity contribution in [3.05, 3.63) is 29.0 Å². The van der Waals surface area contributed by atoms with Crippen LogP contribution in [-0.2, 0) is 15.6 Å². The van der Waals surface area contributed by atoms with Gasteiger partial charge in [0.1, 0.15) is 11.4 Å². The number of benzene rings is 1. The monoisotopic (exact) mass is 345 g/mol. The van der Waals surface area contributed by atoms with Crippen LogP contribution in [0.4, 0.5) is 0 Å². The molecule has 0 saturated carbocycles. The number of hydrogen-bond donors (Lipinski definition) is 2. The molecule has 0 fully saturated rings. The summed E-state index contributed by atoms with van der Waals surface area (Å²) in [7, 11) is 0. The standard InChI is InChI=1S/C19H27N3O3/c1-8-25-17(24)15-14(20-22-21-15)11-9-12(18(2,3)4)16(23)13(10-11)19(5,6)7/h9-10,23H,8H2,1-7H3,(H,20,21,22). The summed E-state index contributed by atoms with van der Waals surface area (Å²) in [4.78, 5) is 12.1. The van der Waals surface area contributed by atoms with Crippen molar-refractivity contribution in [2.75, 3.05) is 6.61 Å². The largest absolute Gasteiger partial charge is 0.507 e. The highest BCUT2D eigenvalue weighted by atomic mass is 16.5. The van der Waals surface area contributed by atoms with Crippen LogP contribution >= 0.6 is 0 Å². The van der Waals surface area contributed by atoms with Crippen molar-refractivity contribution in [1.29, 1.82) is 0 Å². The van der Waals surface area contributed by atoms with Crippen molar-refractivity contribution < 1.29 is 14.6 Å². The number of aromatic hydroxyl groups is 1. The number of esters is 1. The molecule has 2 rings (SSSR count). The number of carbonyl (C=O) groups excluding carboxylic acids is 1. The highest BCUT2D eigenvalue weighted by molar-refractivity contribution is 5.94. The van der Waals surface area contributed by atoms with Crippen molar-refractivity contribution >= 4 is 5.97 Å². The van der Waals surface area contributed by atoms with E-state index in [1.807, 2.05) is 53.7 Å². The lowest BCUT2D eigenvalue weighted by Crippen LogP contribution is -2.17. The fourth-order valence-electron chi connectivity index (χ4n) is 2.69. The van der Waals surface area contributed by atoms with E-state index in [1.54, 1.807) is 6.92 Å². The van der Waals surface area contributed by atoms with Crippen LogP contribution in [0.1, 0.15) is 70.1 Å². The summed E-state index contributed by atoms with van der Waals surface area (Å²) in [6.07, 6.45) is 0. The Morgan fingerprint density at radius 3 is 2.04 bits per heavy atom. The molecule has 1 heterocycles. The Balaban J connectivity index is 2.72. The van der Waals surface area contributed by atoms with E-state index in [-0.39, 0.29) is 28.9 Å². The van der Waals surface area contributed by atoms with Gasteiger partial charge in [0, 0.05) is 16.7 Å². The predicted molar refractivity (Wildman–Crippen MR) is 96.8 cm³/mol. The SMILES string of the molecule is CCOC(=O)c1n[nH]nc1-c1cc(C(C)(C)C)c(O)c(C(C)(C)C)c1. The van der Waals surface area contributed by atoms with Crippen LogP contribution < -0.4 is 0 Å². The summed E-state index contributed by atoms with van der Waals surface area (Å²) < 4.78 is 5.06. The van der Waals surface area contributed by atoms with E-state index in [2.05, 4.69) is 15.4 Å². The van der Waals surface area contributed by atoms with Gasteiger partial charge >= 0.3 is 5.97 Å². The van der Waals surface area contributed by atoms with Gasteiger partial charge in [-0.05, 0) is 29.9 Å². The first-order chi connectivity index (χ1) is 11.5. The van der Waals surface area contributed by atoms with Crippen LogP contribution in [0.3, 0.4) is 0 Å². The molecule has 0 saturated heterocycles. The fraction of sp³-hybridized carbons (Fsp3) is 0.526. The molecule has 0 atom stereocenters. The lowest BCUT2D eigenvalue weighted by molar-refractivity contribution is 0.0520. The molecule has 1 aromatic carbocycles. The summed E-state index contributed by atoms with van der Waals surface area (Å²) in [6.45, 7) is 14.2. The van der Waals surface area contributed by atoms with E-state index in [0.29, 0.717) is 5.69 Å². The van der Waals surface area contributed by atoms with Crippen LogP contribution in [0.25, 0.3) is 11.3 Å². The summed E-state index contributed by atoms with van der Waals surface area (Å²) >= 11 is 0. The number of aromatic nitrogens is 3. The second-order valence-corrected chi connectivity index (χ2v) is 8.16. The van der Waals surface area contributed by atoms with Crippen LogP contribution in [0.2, 0.25) is 0 Å². The molecule has 0 aliphatic carbocycles. The maximum atomic E-state index is 12.1. The molecular weight excluding hydrogens is 318 g/mol. The van der Waals surface area contributed by atoms with E-state index < -0.39 is 5.97 Å². The Bertz CT molecular complexity index is 745. The molecule has 6 nitrogen and oxygen atoms in total. The number of aromatic amines is 1. The normalized spacial score (nSPS) is 12.3. The molecule has 0 aliphatic heterocycles. The van der Waals surface area contributed by atoms with Gasteiger partial charge < -0.3 is 9.84 Å². The number of phenols is 1. The smallest absolute Gasteiger partial charge is 0.361 e. The van der Waals surface area contributed by atoms with Gasteiger partial charge in [0.25, 0.3) is 0 Å². The van der Waals surface area contributed by atoms with Gasteiger partial charge in [-0.1, -0.05) is 41.5 Å². The molecule has 0 aliphatic rings. The molecule has 0 unspecified atom stereocenters. The molecule has 6 heteroatoms. The maximum Gasteiger partial charge on any atom is 0.361 e. The van der Waals surface area contributed by atoms with E-state index in [1.165, 1.54) is 0 Å². The summed E-state index contributed by atoms with van der Waals surface area (Å²) in [5.41, 5.74) is 2.36. The molecule has 0 radical (unpaired) electrons. The second kappa shape index (κ2) is 6.50. The number of phenolic OH excluding ortho intramolecular Hbond substituents is 1. The number of nitrogens with one attached hydrogen (secondary N) is 1. The summed E-state index contributed by atoms with van der Waals surface area (Å²) in [5, 5.41) is 21.4. The van der Waals surface area contributed by atoms with Gasteiger partial charge in [0.2, 0.25) is 0 Å². The van der Waals surface area contributed by atoms with E-state index >= 15 is 0 Å². The third-order valence-electron chi connectivity index (χ3n) is 4.02. The third-order valence-corrected chi connectivity index (χ3v) is 4.02. The van der Waals surface area contributed by atoms with Crippen LogP contribution in [-0.4, -0.2) is 33.1 Å². The third kappa shape index (κ3) is 3.83. The molecule has 2 aromatic rings. The number of H-pyrrole nitrogens is 1. The molecule has 136 valence electrons. The van der Waals surface area contributed by atoms with Gasteiger partial charge in [-0.25, -0.2) is 4.79 Å². The molecule has 0 amide bonds. The van der Waals surface area contributed by atoms with Crippen LogP contribution in [0.5, 0.6) is 5.75 Å². The summed E-state index contributed by atoms with van der Waals surface area (Å²) in [6, 6.07) is 3.73. The van der Waals surface area contributed by atoms with Crippen molar-refractivity contribution in [3.63, 3.8) is 0 Å². The molecule has 0 spiro atoms. The van der Waals surface area contributed by atoms with Gasteiger partial charge in [0.15, 0.2) is 5.69 Å². The van der Waals surface area contributed by atoms with Crippen LogP contribution in [0.15, 0.2) is 12.1 Å². The minimum absolute atomic E-state index is 0.146. The number of carbonyl (C=O) groups is 1. The van der Waals surface area contributed by atoms with E-state index in [4.69, 9.17) is 4.74 Å². The Morgan fingerprint density at radius 1 is 1.08 bits per heavy atom. The first-order valence-corrected chi connectivity index (χ1v) is 8.43.